The topological polar surface area (TPSA) is 25.8 Å². The lowest BCUT2D eigenvalue weighted by Crippen LogP contribution is -1.93. The van der Waals surface area contributed by atoms with E-state index in [2.05, 4.69) is 48.9 Å². The molecule has 2 nitrogen and oxygen atoms in total. The van der Waals surface area contributed by atoms with Crippen LogP contribution in [0.2, 0.25) is 5.28 Å². The lowest BCUT2D eigenvalue weighted by Gasteiger charge is -2.11. The first kappa shape index (κ1) is 12.1. The molecule has 1 aromatic carbocycles. The van der Waals surface area contributed by atoms with Gasteiger partial charge in [0.2, 0.25) is 5.28 Å². The van der Waals surface area contributed by atoms with Crippen LogP contribution in [0.3, 0.4) is 0 Å². The minimum atomic E-state index is 0.285. The van der Waals surface area contributed by atoms with E-state index in [1.165, 1.54) is 11.1 Å². The van der Waals surface area contributed by atoms with Crippen LogP contribution in [0.4, 0.5) is 0 Å². The molecular weight excluding hydrogens is 232 g/mol. The zero-order valence-electron chi connectivity index (χ0n) is 10.2. The molecule has 0 radical (unpaired) electrons. The van der Waals surface area contributed by atoms with Gasteiger partial charge in [-0.2, -0.15) is 0 Å². The molecule has 0 spiro atoms. The Kier molecular flexibility index (Phi) is 3.43. The van der Waals surface area contributed by atoms with Gasteiger partial charge in [-0.1, -0.05) is 26.0 Å². The van der Waals surface area contributed by atoms with Gasteiger partial charge in [-0.05, 0) is 47.7 Å². The Morgan fingerprint density at radius 2 is 1.94 bits per heavy atom. The number of halogens is 1. The normalized spacial score (nSPS) is 10.9. The molecule has 1 heterocycles. The standard InChI is InChI=1S/C14H15ClN2/c1-9(2)12-5-4-11(8-10(12)3)13-6-7-16-14(15)17-13/h4-9H,1-3H3. The molecule has 88 valence electrons. The molecule has 0 saturated carbocycles. The molecule has 2 aromatic rings. The molecule has 3 heteroatoms. The van der Waals surface area contributed by atoms with Gasteiger partial charge >= 0.3 is 0 Å². The minimum absolute atomic E-state index is 0.285. The third-order valence-corrected chi connectivity index (χ3v) is 3.00. The molecule has 0 aliphatic carbocycles. The first-order chi connectivity index (χ1) is 8.08. The van der Waals surface area contributed by atoms with Crippen molar-refractivity contribution in [1.82, 2.24) is 9.97 Å². The summed E-state index contributed by atoms with van der Waals surface area (Å²) < 4.78 is 0. The van der Waals surface area contributed by atoms with E-state index in [1.54, 1.807) is 6.20 Å². The molecule has 0 unspecified atom stereocenters. The van der Waals surface area contributed by atoms with E-state index in [9.17, 15) is 0 Å². The number of hydrogen-bond donors (Lipinski definition) is 0. The highest BCUT2D eigenvalue weighted by atomic mass is 35.5. The Labute approximate surface area is 107 Å². The lowest BCUT2D eigenvalue weighted by molar-refractivity contribution is 0.857. The van der Waals surface area contributed by atoms with Crippen LogP contribution in [0.1, 0.15) is 30.9 Å². The highest BCUT2D eigenvalue weighted by Crippen LogP contribution is 2.25. The Hall–Kier alpha value is -1.41. The third-order valence-electron chi connectivity index (χ3n) is 2.81. The fourth-order valence-corrected chi connectivity index (χ4v) is 2.13. The summed E-state index contributed by atoms with van der Waals surface area (Å²) in [6.07, 6.45) is 1.68. The van der Waals surface area contributed by atoms with Gasteiger partial charge in [0.25, 0.3) is 0 Å². The molecule has 0 fully saturated rings. The van der Waals surface area contributed by atoms with Crippen LogP contribution >= 0.6 is 11.6 Å². The average molecular weight is 247 g/mol. The van der Waals surface area contributed by atoms with Crippen molar-refractivity contribution in [2.75, 3.05) is 0 Å². The van der Waals surface area contributed by atoms with Gasteiger partial charge in [0.1, 0.15) is 0 Å². The van der Waals surface area contributed by atoms with E-state index in [1.807, 2.05) is 6.07 Å². The van der Waals surface area contributed by atoms with Crippen LogP contribution in [0.15, 0.2) is 30.5 Å². The molecule has 0 atom stereocenters. The van der Waals surface area contributed by atoms with E-state index in [0.29, 0.717) is 5.92 Å². The van der Waals surface area contributed by atoms with E-state index < -0.39 is 0 Å². The summed E-state index contributed by atoms with van der Waals surface area (Å²) in [7, 11) is 0. The average Bonchev–Trinajstić information content (AvgIpc) is 2.28. The van der Waals surface area contributed by atoms with Gasteiger partial charge < -0.3 is 0 Å². The van der Waals surface area contributed by atoms with Crippen molar-refractivity contribution >= 4 is 11.6 Å². The predicted octanol–water partition coefficient (Wildman–Crippen LogP) is 4.23. The SMILES string of the molecule is Cc1cc(-c2ccnc(Cl)n2)ccc1C(C)C. The summed E-state index contributed by atoms with van der Waals surface area (Å²) in [4.78, 5) is 8.10. The largest absolute Gasteiger partial charge is 0.226 e. The number of hydrogen-bond acceptors (Lipinski definition) is 2. The Bertz CT molecular complexity index is 535. The molecule has 0 aliphatic rings. The Morgan fingerprint density at radius 3 is 2.53 bits per heavy atom. The second kappa shape index (κ2) is 4.84. The molecule has 0 bridgehead atoms. The van der Waals surface area contributed by atoms with E-state index >= 15 is 0 Å². The fraction of sp³-hybridized carbons (Fsp3) is 0.286. The van der Waals surface area contributed by atoms with Crippen LogP contribution in [0, 0.1) is 6.92 Å². The van der Waals surface area contributed by atoms with E-state index in [4.69, 9.17) is 11.6 Å². The summed E-state index contributed by atoms with van der Waals surface area (Å²) in [5.41, 5.74) is 4.60. The Morgan fingerprint density at radius 1 is 1.18 bits per heavy atom. The minimum Gasteiger partial charge on any atom is -0.226 e. The van der Waals surface area contributed by atoms with Crippen molar-refractivity contribution in [2.45, 2.75) is 26.7 Å². The highest BCUT2D eigenvalue weighted by Gasteiger charge is 2.06. The van der Waals surface area contributed by atoms with Crippen molar-refractivity contribution in [3.63, 3.8) is 0 Å². The maximum Gasteiger partial charge on any atom is 0.222 e. The Balaban J connectivity index is 2.44. The molecule has 2 rings (SSSR count). The summed E-state index contributed by atoms with van der Waals surface area (Å²) >= 11 is 5.79. The summed E-state index contributed by atoms with van der Waals surface area (Å²) in [5, 5.41) is 0.285. The summed E-state index contributed by atoms with van der Waals surface area (Å²) in [5.74, 6) is 0.540. The van der Waals surface area contributed by atoms with Gasteiger partial charge in [0.15, 0.2) is 0 Å². The summed E-state index contributed by atoms with van der Waals surface area (Å²) in [6, 6.07) is 8.26. The van der Waals surface area contributed by atoms with Crippen LogP contribution in [-0.4, -0.2) is 9.97 Å². The molecule has 0 amide bonds. The van der Waals surface area contributed by atoms with Crippen LogP contribution in [-0.2, 0) is 0 Å². The predicted molar refractivity (Wildman–Crippen MR) is 71.3 cm³/mol. The smallest absolute Gasteiger partial charge is 0.222 e. The van der Waals surface area contributed by atoms with Crippen LogP contribution in [0.5, 0.6) is 0 Å². The van der Waals surface area contributed by atoms with Crippen molar-refractivity contribution in [3.05, 3.63) is 46.9 Å². The highest BCUT2D eigenvalue weighted by molar-refractivity contribution is 6.28. The van der Waals surface area contributed by atoms with Crippen molar-refractivity contribution < 1.29 is 0 Å². The maximum absolute atomic E-state index is 5.79. The molecule has 0 saturated heterocycles. The maximum atomic E-state index is 5.79. The van der Waals surface area contributed by atoms with Gasteiger partial charge in [0, 0.05) is 11.8 Å². The third kappa shape index (κ3) is 2.64. The number of aryl methyl sites for hydroxylation is 1. The number of aromatic nitrogens is 2. The molecule has 17 heavy (non-hydrogen) atoms. The molecule has 1 aromatic heterocycles. The zero-order chi connectivity index (χ0) is 12.4. The number of nitrogens with zero attached hydrogens (tertiary/aromatic N) is 2. The molecular formula is C14H15ClN2. The first-order valence-electron chi connectivity index (χ1n) is 5.67. The second-order valence-electron chi connectivity index (χ2n) is 4.44. The molecule has 0 N–H and O–H groups in total. The lowest BCUT2D eigenvalue weighted by atomic mass is 9.95. The monoisotopic (exact) mass is 246 g/mol. The van der Waals surface area contributed by atoms with Gasteiger partial charge in [-0.25, -0.2) is 9.97 Å². The van der Waals surface area contributed by atoms with Gasteiger partial charge in [-0.15, -0.1) is 0 Å². The van der Waals surface area contributed by atoms with Crippen molar-refractivity contribution in [1.29, 1.82) is 0 Å². The zero-order valence-corrected chi connectivity index (χ0v) is 11.0. The second-order valence-corrected chi connectivity index (χ2v) is 4.78. The quantitative estimate of drug-likeness (QED) is 0.741. The first-order valence-corrected chi connectivity index (χ1v) is 6.05. The van der Waals surface area contributed by atoms with Gasteiger partial charge in [-0.3, -0.25) is 0 Å². The van der Waals surface area contributed by atoms with E-state index in [0.717, 1.165) is 11.3 Å². The van der Waals surface area contributed by atoms with Crippen molar-refractivity contribution in [3.8, 4) is 11.3 Å². The van der Waals surface area contributed by atoms with Crippen molar-refractivity contribution in [2.24, 2.45) is 0 Å². The fourth-order valence-electron chi connectivity index (χ4n) is 1.98. The number of benzene rings is 1. The summed E-state index contributed by atoms with van der Waals surface area (Å²) in [6.45, 7) is 6.52. The van der Waals surface area contributed by atoms with Crippen LogP contribution < -0.4 is 0 Å². The molecule has 0 aliphatic heterocycles. The van der Waals surface area contributed by atoms with E-state index in [-0.39, 0.29) is 5.28 Å². The van der Waals surface area contributed by atoms with Gasteiger partial charge in [0.05, 0.1) is 5.69 Å². The van der Waals surface area contributed by atoms with Crippen LogP contribution in [0.25, 0.3) is 11.3 Å². The number of rotatable bonds is 2.